The van der Waals surface area contributed by atoms with E-state index in [2.05, 4.69) is 0 Å². The van der Waals surface area contributed by atoms with Gasteiger partial charge in [0, 0.05) is 18.5 Å². The largest absolute Gasteiger partial charge is 0.394 e. The van der Waals surface area contributed by atoms with Crippen LogP contribution in [0.1, 0.15) is 33.6 Å². The summed E-state index contributed by atoms with van der Waals surface area (Å²) in [5.74, 6) is -0.0281. The number of nitrogens with zero attached hydrogens (tertiary/aromatic N) is 2. The van der Waals surface area contributed by atoms with Gasteiger partial charge in [-0.3, -0.25) is 9.59 Å². The van der Waals surface area contributed by atoms with E-state index in [1.807, 2.05) is 20.8 Å². The van der Waals surface area contributed by atoms with Gasteiger partial charge in [-0.05, 0) is 12.8 Å². The molecule has 0 aliphatic carbocycles. The van der Waals surface area contributed by atoms with Gasteiger partial charge in [-0.15, -0.1) is 0 Å². The molecule has 6 nitrogen and oxygen atoms in total. The van der Waals surface area contributed by atoms with Crippen molar-refractivity contribution in [2.45, 2.75) is 45.7 Å². The monoisotopic (exact) mass is 298 g/mol. The van der Waals surface area contributed by atoms with Crippen molar-refractivity contribution in [2.24, 2.45) is 5.41 Å². The van der Waals surface area contributed by atoms with E-state index in [-0.39, 0.29) is 30.5 Å². The summed E-state index contributed by atoms with van der Waals surface area (Å²) in [6.07, 6.45) is 1.56. The zero-order valence-corrected chi connectivity index (χ0v) is 13.2. The molecular formula is C15H26N2O4. The second-order valence-corrected chi connectivity index (χ2v) is 6.85. The number of hydrogen-bond donors (Lipinski definition) is 1. The molecule has 2 fully saturated rings. The second kappa shape index (κ2) is 6.32. The molecule has 2 aliphatic heterocycles. The number of aliphatic hydroxyl groups excluding tert-OH is 1. The highest BCUT2D eigenvalue weighted by Crippen LogP contribution is 2.27. The molecule has 120 valence electrons. The Balaban J connectivity index is 2.12. The van der Waals surface area contributed by atoms with Gasteiger partial charge in [0.2, 0.25) is 11.8 Å². The number of carbonyl (C=O) groups is 2. The summed E-state index contributed by atoms with van der Waals surface area (Å²) in [5.41, 5.74) is -0.482. The minimum atomic E-state index is -0.482. The quantitative estimate of drug-likeness (QED) is 0.793. The van der Waals surface area contributed by atoms with Gasteiger partial charge in [-0.25, -0.2) is 0 Å². The highest BCUT2D eigenvalue weighted by atomic mass is 16.5. The van der Waals surface area contributed by atoms with Crippen LogP contribution in [0.2, 0.25) is 0 Å². The van der Waals surface area contributed by atoms with Crippen molar-refractivity contribution < 1.29 is 19.4 Å². The molecule has 0 saturated carbocycles. The van der Waals surface area contributed by atoms with E-state index < -0.39 is 5.41 Å². The van der Waals surface area contributed by atoms with Gasteiger partial charge in [0.1, 0.15) is 6.04 Å². The first kappa shape index (κ1) is 16.2. The molecule has 2 rings (SSSR count). The van der Waals surface area contributed by atoms with Crippen LogP contribution in [-0.2, 0) is 14.3 Å². The topological polar surface area (TPSA) is 70.1 Å². The minimum absolute atomic E-state index is 0.0205. The highest BCUT2D eigenvalue weighted by molar-refractivity contribution is 5.90. The third kappa shape index (κ3) is 3.37. The molecule has 2 heterocycles. The summed E-state index contributed by atoms with van der Waals surface area (Å²) in [7, 11) is 0. The lowest BCUT2D eigenvalue weighted by molar-refractivity contribution is -0.153. The number of carbonyl (C=O) groups excluding carboxylic acids is 2. The molecule has 6 heteroatoms. The first-order valence-corrected chi connectivity index (χ1v) is 7.66. The Morgan fingerprint density at radius 3 is 2.57 bits per heavy atom. The van der Waals surface area contributed by atoms with Crippen molar-refractivity contribution in [1.82, 2.24) is 9.80 Å². The fourth-order valence-corrected chi connectivity index (χ4v) is 2.98. The van der Waals surface area contributed by atoms with E-state index in [1.54, 1.807) is 9.80 Å². The molecule has 0 aromatic heterocycles. The normalized spacial score (nSPS) is 27.0. The van der Waals surface area contributed by atoms with Crippen molar-refractivity contribution in [3.63, 3.8) is 0 Å². The van der Waals surface area contributed by atoms with Crippen LogP contribution < -0.4 is 0 Å². The van der Waals surface area contributed by atoms with Crippen LogP contribution >= 0.6 is 0 Å². The van der Waals surface area contributed by atoms with Gasteiger partial charge >= 0.3 is 0 Å². The minimum Gasteiger partial charge on any atom is -0.394 e. The first-order valence-electron chi connectivity index (χ1n) is 7.66. The molecule has 1 N–H and O–H groups in total. The average molecular weight is 298 g/mol. The molecule has 2 saturated heterocycles. The van der Waals surface area contributed by atoms with Crippen LogP contribution in [0.5, 0.6) is 0 Å². The van der Waals surface area contributed by atoms with Gasteiger partial charge < -0.3 is 19.6 Å². The first-order chi connectivity index (χ1) is 9.86. The smallest absolute Gasteiger partial charge is 0.245 e. The Kier molecular flexibility index (Phi) is 4.88. The van der Waals surface area contributed by atoms with Crippen LogP contribution in [0.25, 0.3) is 0 Å². The lowest BCUT2D eigenvalue weighted by Crippen LogP contribution is -2.57. The summed E-state index contributed by atoms with van der Waals surface area (Å²) in [6, 6.07) is -0.678. The summed E-state index contributed by atoms with van der Waals surface area (Å²) in [6.45, 7) is 7.50. The zero-order valence-electron chi connectivity index (χ0n) is 13.2. The maximum atomic E-state index is 12.8. The standard InChI is InChI=1S/C15H26N2O4/c1-15(2,3)14(20)17-6-4-5-12(17)13(19)16-7-8-21-10-11(16)9-18/h11-12,18H,4-10H2,1-3H3. The fraction of sp³-hybridized carbons (Fsp3) is 0.867. The Hall–Kier alpha value is -1.14. The van der Waals surface area contributed by atoms with Crippen molar-refractivity contribution in [3.8, 4) is 0 Å². The van der Waals surface area contributed by atoms with E-state index in [0.717, 1.165) is 6.42 Å². The van der Waals surface area contributed by atoms with Crippen molar-refractivity contribution in [2.75, 3.05) is 32.9 Å². The summed E-state index contributed by atoms with van der Waals surface area (Å²) >= 11 is 0. The summed E-state index contributed by atoms with van der Waals surface area (Å²) in [5, 5.41) is 9.40. The average Bonchev–Trinajstić information content (AvgIpc) is 2.93. The molecule has 0 radical (unpaired) electrons. The van der Waals surface area contributed by atoms with Gasteiger partial charge in [-0.2, -0.15) is 0 Å². The van der Waals surface area contributed by atoms with Crippen LogP contribution in [0, 0.1) is 5.41 Å². The van der Waals surface area contributed by atoms with E-state index in [1.165, 1.54) is 0 Å². The predicted octanol–water partition coefficient (Wildman–Crippen LogP) is 0.243. The lowest BCUT2D eigenvalue weighted by Gasteiger charge is -2.38. The molecule has 0 bridgehead atoms. The van der Waals surface area contributed by atoms with Crippen molar-refractivity contribution >= 4 is 11.8 Å². The number of rotatable bonds is 2. The second-order valence-electron chi connectivity index (χ2n) is 6.85. The Labute approximate surface area is 126 Å². The molecule has 2 aliphatic rings. The van der Waals surface area contributed by atoms with E-state index in [4.69, 9.17) is 4.74 Å². The highest BCUT2D eigenvalue weighted by Gasteiger charge is 2.41. The lowest BCUT2D eigenvalue weighted by atomic mass is 9.94. The molecule has 0 aromatic rings. The van der Waals surface area contributed by atoms with Crippen molar-refractivity contribution in [1.29, 1.82) is 0 Å². The molecule has 2 atom stereocenters. The Morgan fingerprint density at radius 1 is 1.24 bits per heavy atom. The molecule has 0 spiro atoms. The van der Waals surface area contributed by atoms with Gasteiger partial charge in [-0.1, -0.05) is 20.8 Å². The molecule has 0 aromatic carbocycles. The number of ether oxygens (including phenoxy) is 1. The Morgan fingerprint density at radius 2 is 1.95 bits per heavy atom. The third-order valence-electron chi connectivity index (χ3n) is 4.16. The van der Waals surface area contributed by atoms with Crippen molar-refractivity contribution in [3.05, 3.63) is 0 Å². The van der Waals surface area contributed by atoms with E-state index in [0.29, 0.717) is 32.7 Å². The number of likely N-dealkylation sites (tertiary alicyclic amines) is 1. The summed E-state index contributed by atoms with van der Waals surface area (Å²) in [4.78, 5) is 28.7. The molecule has 2 unspecified atom stereocenters. The van der Waals surface area contributed by atoms with E-state index >= 15 is 0 Å². The molecule has 2 amide bonds. The van der Waals surface area contributed by atoms with E-state index in [9.17, 15) is 14.7 Å². The number of hydrogen-bond acceptors (Lipinski definition) is 4. The van der Waals surface area contributed by atoms with Crippen LogP contribution in [0.15, 0.2) is 0 Å². The maximum absolute atomic E-state index is 12.8. The van der Waals surface area contributed by atoms with Gasteiger partial charge in [0.25, 0.3) is 0 Å². The third-order valence-corrected chi connectivity index (χ3v) is 4.16. The number of amides is 2. The van der Waals surface area contributed by atoms with Crippen LogP contribution in [0.4, 0.5) is 0 Å². The SMILES string of the molecule is CC(C)(C)C(=O)N1CCCC1C(=O)N1CCOCC1CO. The fourth-order valence-electron chi connectivity index (χ4n) is 2.98. The number of aliphatic hydroxyl groups is 1. The van der Waals surface area contributed by atoms with Crippen LogP contribution in [-0.4, -0.2) is 71.7 Å². The number of morpholine rings is 1. The maximum Gasteiger partial charge on any atom is 0.245 e. The zero-order chi connectivity index (χ0) is 15.6. The van der Waals surface area contributed by atoms with Crippen LogP contribution in [0.3, 0.4) is 0 Å². The molecular weight excluding hydrogens is 272 g/mol. The molecule has 21 heavy (non-hydrogen) atoms. The predicted molar refractivity (Wildman–Crippen MR) is 77.6 cm³/mol. The van der Waals surface area contributed by atoms with Gasteiger partial charge in [0.05, 0.1) is 25.9 Å². The van der Waals surface area contributed by atoms with Gasteiger partial charge in [0.15, 0.2) is 0 Å². The Bertz CT molecular complexity index is 405. The summed E-state index contributed by atoms with van der Waals surface area (Å²) < 4.78 is 5.31.